The van der Waals surface area contributed by atoms with Crippen LogP contribution in [-0.4, -0.2) is 17.7 Å². The zero-order valence-corrected chi connectivity index (χ0v) is 8.64. The van der Waals surface area contributed by atoms with E-state index < -0.39 is 18.6 Å². The Morgan fingerprint density at radius 3 is 2.50 bits per heavy atom. The lowest BCUT2D eigenvalue weighted by molar-refractivity contribution is -0.148. The van der Waals surface area contributed by atoms with Gasteiger partial charge in [0, 0.05) is 23.4 Å². The van der Waals surface area contributed by atoms with E-state index in [1.807, 2.05) is 0 Å². The molecule has 0 saturated heterocycles. The molecular weight excluding hydrogens is 261 g/mol. The number of hydrogen-bond donors (Lipinski definition) is 1. The molecule has 0 aliphatic heterocycles. The summed E-state index contributed by atoms with van der Waals surface area (Å²) >= 11 is 3.06. The first-order valence-corrected chi connectivity index (χ1v) is 4.61. The normalized spacial score (nSPS) is 14.1. The van der Waals surface area contributed by atoms with Gasteiger partial charge < -0.3 is 5.73 Å². The molecule has 1 rings (SSSR count). The Morgan fingerprint density at radius 2 is 2.07 bits per heavy atom. The van der Waals surface area contributed by atoms with Crippen molar-refractivity contribution in [2.75, 3.05) is 6.54 Å². The summed E-state index contributed by atoms with van der Waals surface area (Å²) in [4.78, 5) is 3.66. The maximum Gasteiger partial charge on any atom is 0.397 e. The molecule has 1 aromatic heterocycles. The maximum absolute atomic E-state index is 12.4. The van der Waals surface area contributed by atoms with E-state index in [1.165, 1.54) is 18.5 Å². The highest BCUT2D eigenvalue weighted by Crippen LogP contribution is 2.34. The summed E-state index contributed by atoms with van der Waals surface area (Å²) in [5.41, 5.74) is 5.16. The molecule has 2 nitrogen and oxygen atoms in total. The van der Waals surface area contributed by atoms with Crippen LogP contribution in [0.1, 0.15) is 11.5 Å². The van der Waals surface area contributed by atoms with E-state index >= 15 is 0 Å². The molecule has 1 heterocycles. The van der Waals surface area contributed by atoms with E-state index in [0.29, 0.717) is 4.47 Å². The summed E-state index contributed by atoms with van der Waals surface area (Å²) in [6, 6.07) is 1.37. The van der Waals surface area contributed by atoms with Gasteiger partial charge in [-0.3, -0.25) is 4.98 Å². The van der Waals surface area contributed by atoms with Crippen LogP contribution in [-0.2, 0) is 0 Å². The first-order chi connectivity index (χ1) is 6.45. The average Bonchev–Trinajstić information content (AvgIpc) is 2.02. The van der Waals surface area contributed by atoms with E-state index in [0.717, 1.165) is 0 Å². The molecule has 0 aliphatic rings. The smallest absolute Gasteiger partial charge is 0.330 e. The number of halogens is 4. The zero-order valence-electron chi connectivity index (χ0n) is 7.05. The molecular formula is C8H8BrF3N2. The van der Waals surface area contributed by atoms with Crippen LogP contribution >= 0.6 is 15.9 Å². The maximum atomic E-state index is 12.4. The number of nitrogens with zero attached hydrogens (tertiary/aromatic N) is 1. The summed E-state index contributed by atoms with van der Waals surface area (Å²) in [5, 5.41) is 0. The van der Waals surface area contributed by atoms with E-state index in [1.54, 1.807) is 0 Å². The zero-order chi connectivity index (χ0) is 10.8. The summed E-state index contributed by atoms with van der Waals surface area (Å²) in [6.07, 6.45) is -1.72. The van der Waals surface area contributed by atoms with Crippen molar-refractivity contribution in [2.24, 2.45) is 5.73 Å². The second-order valence-electron chi connectivity index (χ2n) is 2.77. The first-order valence-electron chi connectivity index (χ1n) is 3.82. The molecule has 78 valence electrons. The molecule has 0 saturated carbocycles. The molecule has 0 spiro atoms. The van der Waals surface area contributed by atoms with Crippen molar-refractivity contribution >= 4 is 15.9 Å². The average molecular weight is 269 g/mol. The fourth-order valence-corrected chi connectivity index (χ4v) is 1.46. The van der Waals surface area contributed by atoms with Gasteiger partial charge in [0.15, 0.2) is 0 Å². The third-order valence-electron chi connectivity index (χ3n) is 1.76. The summed E-state index contributed by atoms with van der Waals surface area (Å²) in [6.45, 7) is -0.471. The number of aromatic nitrogens is 1. The molecule has 1 aromatic rings. The van der Waals surface area contributed by atoms with Crippen LogP contribution in [0, 0.1) is 0 Å². The molecule has 6 heteroatoms. The predicted octanol–water partition coefficient (Wildman–Crippen LogP) is 2.45. The highest BCUT2D eigenvalue weighted by molar-refractivity contribution is 9.10. The molecule has 1 atom stereocenters. The number of rotatable bonds is 2. The largest absolute Gasteiger partial charge is 0.397 e. The molecule has 0 bridgehead atoms. The number of hydrogen-bond acceptors (Lipinski definition) is 2. The van der Waals surface area contributed by atoms with Gasteiger partial charge in [0.25, 0.3) is 0 Å². The molecule has 14 heavy (non-hydrogen) atoms. The van der Waals surface area contributed by atoms with Gasteiger partial charge in [-0.2, -0.15) is 13.2 Å². The Kier molecular flexibility index (Phi) is 3.49. The molecule has 0 fully saturated rings. The highest BCUT2D eigenvalue weighted by atomic mass is 79.9. The fraction of sp³-hybridized carbons (Fsp3) is 0.375. The van der Waals surface area contributed by atoms with Crippen molar-refractivity contribution in [1.82, 2.24) is 4.98 Å². The Hall–Kier alpha value is -0.620. The molecule has 0 radical (unpaired) electrons. The molecule has 0 amide bonds. The Balaban J connectivity index is 3.01. The summed E-state index contributed by atoms with van der Waals surface area (Å²) < 4.78 is 37.8. The Bertz CT molecular complexity index is 314. The van der Waals surface area contributed by atoms with Crippen molar-refractivity contribution in [3.8, 4) is 0 Å². The predicted molar refractivity (Wildman–Crippen MR) is 49.8 cm³/mol. The Morgan fingerprint density at radius 1 is 1.43 bits per heavy atom. The van der Waals surface area contributed by atoms with Gasteiger partial charge in [-0.05, 0) is 27.6 Å². The molecule has 0 aromatic carbocycles. The fourth-order valence-electron chi connectivity index (χ4n) is 1.08. The van der Waals surface area contributed by atoms with Crippen LogP contribution < -0.4 is 5.73 Å². The first kappa shape index (κ1) is 11.5. The monoisotopic (exact) mass is 268 g/mol. The lowest BCUT2D eigenvalue weighted by atomic mass is 10.0. The topological polar surface area (TPSA) is 38.9 Å². The van der Waals surface area contributed by atoms with Gasteiger partial charge >= 0.3 is 6.18 Å². The quantitative estimate of drug-likeness (QED) is 0.895. The van der Waals surface area contributed by atoms with Gasteiger partial charge in [-0.15, -0.1) is 0 Å². The van der Waals surface area contributed by atoms with Gasteiger partial charge in [0.2, 0.25) is 0 Å². The van der Waals surface area contributed by atoms with E-state index in [-0.39, 0.29) is 5.56 Å². The third-order valence-corrected chi connectivity index (χ3v) is 2.19. The molecule has 0 aliphatic carbocycles. The molecule has 1 unspecified atom stereocenters. The van der Waals surface area contributed by atoms with Crippen molar-refractivity contribution in [3.63, 3.8) is 0 Å². The third kappa shape index (κ3) is 2.68. The van der Waals surface area contributed by atoms with Crippen molar-refractivity contribution in [3.05, 3.63) is 28.5 Å². The molecule has 2 N–H and O–H groups in total. The van der Waals surface area contributed by atoms with Crippen molar-refractivity contribution in [1.29, 1.82) is 0 Å². The van der Waals surface area contributed by atoms with Crippen LogP contribution in [0.2, 0.25) is 0 Å². The second kappa shape index (κ2) is 4.27. The van der Waals surface area contributed by atoms with Crippen molar-refractivity contribution < 1.29 is 13.2 Å². The van der Waals surface area contributed by atoms with Crippen LogP contribution in [0.25, 0.3) is 0 Å². The van der Waals surface area contributed by atoms with Crippen LogP contribution in [0.15, 0.2) is 22.9 Å². The van der Waals surface area contributed by atoms with Gasteiger partial charge in [0.05, 0.1) is 5.92 Å². The van der Waals surface area contributed by atoms with Gasteiger partial charge in [-0.25, -0.2) is 0 Å². The lowest BCUT2D eigenvalue weighted by Crippen LogP contribution is -2.28. The second-order valence-corrected chi connectivity index (χ2v) is 3.68. The van der Waals surface area contributed by atoms with Gasteiger partial charge in [0.1, 0.15) is 0 Å². The van der Waals surface area contributed by atoms with E-state index in [2.05, 4.69) is 20.9 Å². The highest BCUT2D eigenvalue weighted by Gasteiger charge is 2.39. The van der Waals surface area contributed by atoms with Crippen LogP contribution in [0.3, 0.4) is 0 Å². The number of nitrogens with two attached hydrogens (primary N) is 1. The van der Waals surface area contributed by atoms with Crippen molar-refractivity contribution in [2.45, 2.75) is 12.1 Å². The van der Waals surface area contributed by atoms with Gasteiger partial charge in [-0.1, -0.05) is 0 Å². The summed E-state index contributed by atoms with van der Waals surface area (Å²) in [5.74, 6) is -1.65. The minimum Gasteiger partial charge on any atom is -0.330 e. The standard InChI is InChI=1S/C8H8BrF3N2/c9-6-1-5(3-14-4-6)7(2-13)8(10,11)12/h1,3-4,7H,2,13H2. The van der Waals surface area contributed by atoms with E-state index in [9.17, 15) is 13.2 Å². The minimum absolute atomic E-state index is 0.0781. The van der Waals surface area contributed by atoms with Crippen LogP contribution in [0.5, 0.6) is 0 Å². The SMILES string of the molecule is NCC(c1cncc(Br)c1)C(F)(F)F. The Labute approximate surface area is 87.4 Å². The number of pyridine rings is 1. The number of alkyl halides is 3. The van der Waals surface area contributed by atoms with E-state index in [4.69, 9.17) is 5.73 Å². The van der Waals surface area contributed by atoms with Crippen LogP contribution in [0.4, 0.5) is 13.2 Å². The summed E-state index contributed by atoms with van der Waals surface area (Å²) in [7, 11) is 0. The lowest BCUT2D eigenvalue weighted by Gasteiger charge is -2.18. The minimum atomic E-state index is -4.32.